The van der Waals surface area contributed by atoms with Gasteiger partial charge >= 0.3 is 0 Å². The monoisotopic (exact) mass is 444 g/mol. The summed E-state index contributed by atoms with van der Waals surface area (Å²) in [5, 5.41) is 4.92. The Labute approximate surface area is 154 Å². The molecule has 1 amide bonds. The second-order valence-electron chi connectivity index (χ2n) is 5.66. The Morgan fingerprint density at radius 3 is 2.65 bits per heavy atom. The molecule has 1 fully saturated rings. The maximum Gasteiger partial charge on any atom is 0.273 e. The Morgan fingerprint density at radius 2 is 2.04 bits per heavy atom. The maximum absolute atomic E-state index is 12.6. The molecule has 7 heteroatoms. The standard InChI is InChI=1S/C16H18ClIN4O/c1-20-15(14(18)10-19-20)16(23)22-7-5-21(6-8-22)11-12-3-2-4-13(17)9-12/h2-4,9-10H,5-8,11H2,1H3. The predicted octanol–water partition coefficient (Wildman–Crippen LogP) is 2.64. The van der Waals surface area contributed by atoms with Gasteiger partial charge in [-0.05, 0) is 40.3 Å². The second-order valence-corrected chi connectivity index (χ2v) is 7.26. The van der Waals surface area contributed by atoms with Crippen LogP contribution in [0.3, 0.4) is 0 Å². The lowest BCUT2D eigenvalue weighted by atomic mass is 10.2. The minimum absolute atomic E-state index is 0.0665. The van der Waals surface area contributed by atoms with E-state index in [9.17, 15) is 4.79 Å². The zero-order chi connectivity index (χ0) is 16.4. The summed E-state index contributed by atoms with van der Waals surface area (Å²) in [5.74, 6) is 0.0665. The van der Waals surface area contributed by atoms with Gasteiger partial charge in [-0.1, -0.05) is 23.7 Å². The molecule has 0 bridgehead atoms. The molecular formula is C16H18ClIN4O. The minimum atomic E-state index is 0.0665. The molecule has 2 heterocycles. The smallest absolute Gasteiger partial charge is 0.273 e. The van der Waals surface area contributed by atoms with Crippen molar-refractivity contribution in [3.8, 4) is 0 Å². The topological polar surface area (TPSA) is 41.4 Å². The molecule has 2 aromatic rings. The van der Waals surface area contributed by atoms with Gasteiger partial charge in [-0.2, -0.15) is 5.10 Å². The van der Waals surface area contributed by atoms with Crippen molar-refractivity contribution in [1.29, 1.82) is 0 Å². The molecule has 5 nitrogen and oxygen atoms in total. The Hall–Kier alpha value is -1.12. The van der Waals surface area contributed by atoms with Crippen molar-refractivity contribution >= 4 is 40.1 Å². The van der Waals surface area contributed by atoms with Crippen LogP contribution in [0.5, 0.6) is 0 Å². The summed E-state index contributed by atoms with van der Waals surface area (Å²) in [4.78, 5) is 16.9. The molecule has 3 rings (SSSR count). The lowest BCUT2D eigenvalue weighted by Gasteiger charge is -2.34. The van der Waals surface area contributed by atoms with E-state index in [0.29, 0.717) is 5.69 Å². The van der Waals surface area contributed by atoms with Gasteiger partial charge in [0.15, 0.2) is 0 Å². The van der Waals surface area contributed by atoms with Crippen LogP contribution in [0.4, 0.5) is 0 Å². The Kier molecular flexibility index (Phi) is 5.23. The SMILES string of the molecule is Cn1ncc(I)c1C(=O)N1CCN(Cc2cccc(Cl)c2)CC1. The van der Waals surface area contributed by atoms with Crippen LogP contribution >= 0.6 is 34.2 Å². The summed E-state index contributed by atoms with van der Waals surface area (Å²) in [7, 11) is 1.81. The molecule has 1 aromatic carbocycles. The van der Waals surface area contributed by atoms with Crippen LogP contribution in [0.15, 0.2) is 30.5 Å². The molecule has 0 atom stereocenters. The van der Waals surface area contributed by atoms with E-state index in [1.54, 1.807) is 10.9 Å². The first-order valence-electron chi connectivity index (χ1n) is 7.48. The van der Waals surface area contributed by atoms with Crippen LogP contribution in [0.1, 0.15) is 16.1 Å². The number of benzene rings is 1. The summed E-state index contributed by atoms with van der Waals surface area (Å²) in [6.45, 7) is 4.08. The van der Waals surface area contributed by atoms with Gasteiger partial charge in [-0.25, -0.2) is 0 Å². The molecule has 122 valence electrons. The molecule has 1 saturated heterocycles. The van der Waals surface area contributed by atoms with Gasteiger partial charge in [0.05, 0.1) is 9.77 Å². The van der Waals surface area contributed by atoms with Gasteiger partial charge in [-0.15, -0.1) is 0 Å². The van der Waals surface area contributed by atoms with E-state index in [1.807, 2.05) is 30.1 Å². The summed E-state index contributed by atoms with van der Waals surface area (Å²) >= 11 is 8.19. The van der Waals surface area contributed by atoms with Gasteiger partial charge in [0, 0.05) is 44.8 Å². The highest BCUT2D eigenvalue weighted by atomic mass is 127. The number of carbonyl (C=O) groups is 1. The van der Waals surface area contributed by atoms with Gasteiger partial charge in [0.2, 0.25) is 0 Å². The maximum atomic E-state index is 12.6. The van der Waals surface area contributed by atoms with Crippen LogP contribution in [0.2, 0.25) is 5.02 Å². The van der Waals surface area contributed by atoms with Crippen LogP contribution in [-0.2, 0) is 13.6 Å². The van der Waals surface area contributed by atoms with Crippen molar-refractivity contribution in [3.05, 3.63) is 50.3 Å². The van der Waals surface area contributed by atoms with Crippen LogP contribution in [0.25, 0.3) is 0 Å². The third-order valence-electron chi connectivity index (χ3n) is 4.05. The number of rotatable bonds is 3. The zero-order valence-electron chi connectivity index (χ0n) is 12.9. The van der Waals surface area contributed by atoms with E-state index in [2.05, 4.69) is 38.7 Å². The lowest BCUT2D eigenvalue weighted by molar-refractivity contribution is 0.0616. The zero-order valence-corrected chi connectivity index (χ0v) is 15.8. The molecule has 1 aromatic heterocycles. The predicted molar refractivity (Wildman–Crippen MR) is 98.6 cm³/mol. The first-order chi connectivity index (χ1) is 11.0. The van der Waals surface area contributed by atoms with Crippen molar-refractivity contribution in [3.63, 3.8) is 0 Å². The van der Waals surface area contributed by atoms with E-state index in [4.69, 9.17) is 11.6 Å². The fourth-order valence-electron chi connectivity index (χ4n) is 2.80. The molecule has 0 aliphatic carbocycles. The number of hydrogen-bond donors (Lipinski definition) is 0. The number of halogens is 2. The first-order valence-corrected chi connectivity index (χ1v) is 8.94. The number of hydrogen-bond acceptors (Lipinski definition) is 3. The molecule has 1 aliphatic heterocycles. The number of aromatic nitrogens is 2. The van der Waals surface area contributed by atoms with Crippen LogP contribution in [-0.4, -0.2) is 51.7 Å². The lowest BCUT2D eigenvalue weighted by Crippen LogP contribution is -2.48. The fraction of sp³-hybridized carbons (Fsp3) is 0.375. The van der Waals surface area contributed by atoms with E-state index in [0.717, 1.165) is 41.3 Å². The van der Waals surface area contributed by atoms with E-state index < -0.39 is 0 Å². The third-order valence-corrected chi connectivity index (χ3v) is 5.08. The van der Waals surface area contributed by atoms with E-state index >= 15 is 0 Å². The number of amides is 1. The summed E-state index contributed by atoms with van der Waals surface area (Å²) in [5.41, 5.74) is 1.88. The average Bonchev–Trinajstić information content (AvgIpc) is 2.86. The summed E-state index contributed by atoms with van der Waals surface area (Å²) in [6.07, 6.45) is 1.73. The second kappa shape index (κ2) is 7.19. The van der Waals surface area contributed by atoms with E-state index in [1.165, 1.54) is 5.56 Å². The van der Waals surface area contributed by atoms with Crippen molar-refractivity contribution in [2.24, 2.45) is 7.05 Å². The number of piperazine rings is 1. The molecule has 0 unspecified atom stereocenters. The molecule has 23 heavy (non-hydrogen) atoms. The minimum Gasteiger partial charge on any atom is -0.335 e. The Morgan fingerprint density at radius 1 is 1.30 bits per heavy atom. The van der Waals surface area contributed by atoms with E-state index in [-0.39, 0.29) is 5.91 Å². The van der Waals surface area contributed by atoms with Crippen molar-refractivity contribution in [2.45, 2.75) is 6.54 Å². The quantitative estimate of drug-likeness (QED) is 0.684. The first kappa shape index (κ1) is 16.7. The highest BCUT2D eigenvalue weighted by Crippen LogP contribution is 2.17. The van der Waals surface area contributed by atoms with Gasteiger partial charge in [-0.3, -0.25) is 14.4 Å². The molecule has 0 spiro atoms. The normalized spacial score (nSPS) is 15.9. The largest absolute Gasteiger partial charge is 0.335 e. The van der Waals surface area contributed by atoms with Crippen LogP contribution < -0.4 is 0 Å². The van der Waals surface area contributed by atoms with Crippen molar-refractivity contribution in [2.75, 3.05) is 26.2 Å². The van der Waals surface area contributed by atoms with Crippen LogP contribution in [0, 0.1) is 3.57 Å². The average molecular weight is 445 g/mol. The van der Waals surface area contributed by atoms with Gasteiger partial charge in [0.1, 0.15) is 5.69 Å². The number of nitrogens with zero attached hydrogens (tertiary/aromatic N) is 4. The Bertz CT molecular complexity index is 690. The fourth-order valence-corrected chi connectivity index (χ4v) is 3.72. The van der Waals surface area contributed by atoms with Crippen molar-refractivity contribution in [1.82, 2.24) is 19.6 Å². The molecule has 0 saturated carbocycles. The Balaban J connectivity index is 1.59. The van der Waals surface area contributed by atoms with Gasteiger partial charge < -0.3 is 4.90 Å². The molecule has 0 N–H and O–H groups in total. The number of carbonyl (C=O) groups excluding carboxylic acids is 1. The highest BCUT2D eigenvalue weighted by Gasteiger charge is 2.25. The molecule has 1 aliphatic rings. The third kappa shape index (κ3) is 3.87. The molecule has 0 radical (unpaired) electrons. The number of aryl methyl sites for hydroxylation is 1. The van der Waals surface area contributed by atoms with Gasteiger partial charge in [0.25, 0.3) is 5.91 Å². The van der Waals surface area contributed by atoms with Crippen molar-refractivity contribution < 1.29 is 4.79 Å². The summed E-state index contributed by atoms with van der Waals surface area (Å²) < 4.78 is 2.55. The highest BCUT2D eigenvalue weighted by molar-refractivity contribution is 14.1. The summed E-state index contributed by atoms with van der Waals surface area (Å²) in [6, 6.07) is 7.94. The molecular weight excluding hydrogens is 427 g/mol.